The fourth-order valence-corrected chi connectivity index (χ4v) is 4.27. The van der Waals surface area contributed by atoms with E-state index in [1.165, 1.54) is 12.1 Å². The number of hydrogen-bond donors (Lipinski definition) is 1. The quantitative estimate of drug-likeness (QED) is 0.434. The van der Waals surface area contributed by atoms with E-state index in [4.69, 9.17) is 18.9 Å². The minimum absolute atomic E-state index is 0.0435. The molecule has 0 spiro atoms. The topological polar surface area (TPSA) is 78.2 Å². The number of methoxy groups -OCH3 is 1. The molecule has 4 rings (SSSR count). The molecule has 2 heterocycles. The Labute approximate surface area is 211 Å². The number of aliphatic hydroxyl groups is 1. The summed E-state index contributed by atoms with van der Waals surface area (Å²) in [6, 6.07) is 11.6. The van der Waals surface area contributed by atoms with Gasteiger partial charge in [0.25, 0.3) is 0 Å². The van der Waals surface area contributed by atoms with E-state index < -0.39 is 5.60 Å². The van der Waals surface area contributed by atoms with Gasteiger partial charge in [0.15, 0.2) is 11.5 Å². The number of aromatic nitrogens is 2. The second-order valence-electron chi connectivity index (χ2n) is 8.95. The first-order chi connectivity index (χ1) is 17.5. The monoisotopic (exact) mass is 499 g/mol. The molecular formula is C27H34FN3O5. The van der Waals surface area contributed by atoms with Crippen molar-refractivity contribution in [3.05, 3.63) is 72.1 Å². The Hall–Kier alpha value is -3.14. The summed E-state index contributed by atoms with van der Waals surface area (Å²) in [5, 5.41) is 11.2. The number of halogens is 1. The van der Waals surface area contributed by atoms with Crippen LogP contribution in [0.3, 0.4) is 0 Å². The molecule has 0 bridgehead atoms. The maximum atomic E-state index is 13.1. The molecular weight excluding hydrogens is 465 g/mol. The van der Waals surface area contributed by atoms with E-state index in [-0.39, 0.29) is 19.0 Å². The van der Waals surface area contributed by atoms with Crippen molar-refractivity contribution in [2.75, 3.05) is 46.6 Å². The van der Waals surface area contributed by atoms with Gasteiger partial charge in [-0.05, 0) is 42.0 Å². The van der Waals surface area contributed by atoms with Crippen molar-refractivity contribution < 1.29 is 28.4 Å². The van der Waals surface area contributed by atoms with Crippen molar-refractivity contribution in [1.82, 2.24) is 14.5 Å². The number of ether oxygens (including phenoxy) is 4. The lowest BCUT2D eigenvalue weighted by molar-refractivity contribution is -0.0646. The molecule has 2 aromatic carbocycles. The number of benzene rings is 2. The average molecular weight is 500 g/mol. The zero-order chi connectivity index (χ0) is 25.4. The molecule has 0 unspecified atom stereocenters. The zero-order valence-electron chi connectivity index (χ0n) is 20.9. The first kappa shape index (κ1) is 25.9. The highest BCUT2D eigenvalue weighted by atomic mass is 19.1. The van der Waals surface area contributed by atoms with Crippen LogP contribution in [0.15, 0.2) is 54.9 Å². The molecule has 8 nitrogen and oxygen atoms in total. The number of β-amino-alcohol motifs (C(OH)–C–C–N with tert-alkyl or cyclic N) is 1. The maximum absolute atomic E-state index is 13.1. The Morgan fingerprint density at radius 2 is 1.97 bits per heavy atom. The van der Waals surface area contributed by atoms with Crippen LogP contribution in [-0.4, -0.2) is 71.8 Å². The molecule has 3 aromatic rings. The first-order valence-corrected chi connectivity index (χ1v) is 12.2. The summed E-state index contributed by atoms with van der Waals surface area (Å²) in [6.07, 6.45) is 4.64. The van der Waals surface area contributed by atoms with Gasteiger partial charge >= 0.3 is 0 Å². The lowest BCUT2D eigenvalue weighted by atomic mass is 10.1. The Morgan fingerprint density at radius 3 is 2.75 bits per heavy atom. The molecule has 1 aromatic heterocycles. The number of hydrogen-bond acceptors (Lipinski definition) is 7. The highest BCUT2D eigenvalue weighted by Gasteiger charge is 2.33. The summed E-state index contributed by atoms with van der Waals surface area (Å²) in [7, 11) is 1.63. The molecule has 36 heavy (non-hydrogen) atoms. The Morgan fingerprint density at radius 1 is 1.14 bits per heavy atom. The minimum Gasteiger partial charge on any atom is -0.493 e. The van der Waals surface area contributed by atoms with Gasteiger partial charge < -0.3 is 28.6 Å². The van der Waals surface area contributed by atoms with Crippen LogP contribution in [0.1, 0.15) is 18.3 Å². The van der Waals surface area contributed by atoms with E-state index >= 15 is 0 Å². The number of rotatable bonds is 11. The SMILES string of the molecule is CCc1nccn1CCOc1ccc(CN2CCOC[C@@](O)(COc3ccc(F)cc3)C2)cc1OC. The fourth-order valence-electron chi connectivity index (χ4n) is 4.27. The molecule has 1 aliphatic rings. The predicted molar refractivity (Wildman–Crippen MR) is 133 cm³/mol. The molecule has 194 valence electrons. The van der Waals surface area contributed by atoms with Crippen LogP contribution in [0.25, 0.3) is 0 Å². The van der Waals surface area contributed by atoms with Crippen molar-refractivity contribution in [1.29, 1.82) is 0 Å². The molecule has 1 N–H and O–H groups in total. The van der Waals surface area contributed by atoms with Crippen LogP contribution in [0.5, 0.6) is 17.2 Å². The van der Waals surface area contributed by atoms with E-state index in [9.17, 15) is 9.50 Å². The molecule has 1 saturated heterocycles. The van der Waals surface area contributed by atoms with Gasteiger partial charge in [-0.2, -0.15) is 0 Å². The van der Waals surface area contributed by atoms with Gasteiger partial charge in [0.05, 0.1) is 26.9 Å². The largest absolute Gasteiger partial charge is 0.493 e. The third kappa shape index (κ3) is 6.96. The van der Waals surface area contributed by atoms with Crippen LogP contribution >= 0.6 is 0 Å². The fraction of sp³-hybridized carbons (Fsp3) is 0.444. The molecule has 1 aliphatic heterocycles. The van der Waals surface area contributed by atoms with Gasteiger partial charge in [-0.25, -0.2) is 9.37 Å². The Kier molecular flexibility index (Phi) is 8.79. The lowest BCUT2D eigenvalue weighted by Crippen LogP contribution is -2.48. The summed E-state index contributed by atoms with van der Waals surface area (Å²) in [6.45, 7) is 5.66. The molecule has 1 atom stereocenters. The van der Waals surface area contributed by atoms with Gasteiger partial charge in [0.1, 0.15) is 36.2 Å². The summed E-state index contributed by atoms with van der Waals surface area (Å²) < 4.78 is 38.2. The van der Waals surface area contributed by atoms with Crippen LogP contribution < -0.4 is 14.2 Å². The van der Waals surface area contributed by atoms with Crippen LogP contribution in [0.2, 0.25) is 0 Å². The zero-order valence-corrected chi connectivity index (χ0v) is 20.9. The Bertz CT molecular complexity index is 1110. The molecule has 0 saturated carbocycles. The van der Waals surface area contributed by atoms with E-state index in [2.05, 4.69) is 21.4 Å². The van der Waals surface area contributed by atoms with Crippen LogP contribution in [0.4, 0.5) is 4.39 Å². The van der Waals surface area contributed by atoms with Gasteiger partial charge in [-0.15, -0.1) is 0 Å². The second kappa shape index (κ2) is 12.2. The van der Waals surface area contributed by atoms with Gasteiger partial charge in [0.2, 0.25) is 0 Å². The second-order valence-corrected chi connectivity index (χ2v) is 8.95. The number of aryl methyl sites for hydroxylation is 1. The maximum Gasteiger partial charge on any atom is 0.161 e. The molecule has 9 heteroatoms. The molecule has 0 aliphatic carbocycles. The van der Waals surface area contributed by atoms with Crippen molar-refractivity contribution >= 4 is 0 Å². The van der Waals surface area contributed by atoms with E-state index in [0.717, 1.165) is 17.8 Å². The van der Waals surface area contributed by atoms with E-state index in [1.54, 1.807) is 25.4 Å². The molecule has 0 amide bonds. The Balaban J connectivity index is 1.34. The highest BCUT2D eigenvalue weighted by Crippen LogP contribution is 2.29. The first-order valence-electron chi connectivity index (χ1n) is 12.2. The van der Waals surface area contributed by atoms with Gasteiger partial charge in [-0.3, -0.25) is 4.90 Å². The van der Waals surface area contributed by atoms with E-state index in [1.807, 2.05) is 24.4 Å². The van der Waals surface area contributed by atoms with Crippen LogP contribution in [0, 0.1) is 5.82 Å². The average Bonchev–Trinajstić information content (AvgIpc) is 3.26. The van der Waals surface area contributed by atoms with Gasteiger partial charge in [-0.1, -0.05) is 13.0 Å². The summed E-state index contributed by atoms with van der Waals surface area (Å²) in [5.41, 5.74) is -0.159. The van der Waals surface area contributed by atoms with Crippen molar-refractivity contribution in [3.63, 3.8) is 0 Å². The highest BCUT2D eigenvalue weighted by molar-refractivity contribution is 5.43. The standard InChI is InChI=1S/C27H34FN3O5/c1-3-26-29-10-11-31(26)13-15-35-24-9-4-21(16-25(24)33-2)17-30-12-14-34-19-27(32,18-30)20-36-23-7-5-22(28)6-8-23/h4-11,16,32H,3,12-15,17-20H2,1-2H3/t27-/m1/s1. The predicted octanol–water partition coefficient (Wildman–Crippen LogP) is 3.31. The van der Waals surface area contributed by atoms with Crippen molar-refractivity contribution in [3.8, 4) is 17.2 Å². The summed E-state index contributed by atoms with van der Waals surface area (Å²) in [5.74, 6) is 2.55. The smallest absolute Gasteiger partial charge is 0.161 e. The molecule has 0 radical (unpaired) electrons. The number of imidazole rings is 1. The van der Waals surface area contributed by atoms with Crippen LogP contribution in [-0.2, 0) is 24.2 Å². The van der Waals surface area contributed by atoms with Crippen molar-refractivity contribution in [2.45, 2.75) is 32.0 Å². The minimum atomic E-state index is -1.19. The molecule has 1 fully saturated rings. The van der Waals surface area contributed by atoms with E-state index in [0.29, 0.717) is 56.6 Å². The third-order valence-electron chi connectivity index (χ3n) is 6.10. The normalized spacial score (nSPS) is 18.6. The summed E-state index contributed by atoms with van der Waals surface area (Å²) >= 11 is 0. The summed E-state index contributed by atoms with van der Waals surface area (Å²) in [4.78, 5) is 6.46. The van der Waals surface area contributed by atoms with Crippen molar-refractivity contribution in [2.24, 2.45) is 0 Å². The van der Waals surface area contributed by atoms with Gasteiger partial charge in [0, 0.05) is 38.4 Å². The lowest BCUT2D eigenvalue weighted by Gasteiger charge is -2.30. The third-order valence-corrected chi connectivity index (χ3v) is 6.10. The number of nitrogens with zero attached hydrogens (tertiary/aromatic N) is 3.